The molecule has 7 nitrogen and oxygen atoms in total. The summed E-state index contributed by atoms with van der Waals surface area (Å²) in [6.07, 6.45) is 0. The molecular weight excluding hydrogens is 402 g/mol. The Bertz CT molecular complexity index is 1130. The number of hydrogen-bond donors (Lipinski definition) is 2. The third kappa shape index (κ3) is 3.43. The fraction of sp³-hybridized carbons (Fsp3) is 0.125. The number of para-hydroxylation sites is 1. The molecular formula is C16H12F2N2O5S2. The first-order valence-corrected chi connectivity index (χ1v) is 9.84. The van der Waals surface area contributed by atoms with Crippen molar-refractivity contribution in [2.24, 2.45) is 0 Å². The molecule has 2 amide bonds. The monoisotopic (exact) mass is 414 g/mol. The molecule has 3 rings (SSSR count). The highest BCUT2D eigenvalue weighted by Crippen LogP contribution is 2.27. The van der Waals surface area contributed by atoms with E-state index < -0.39 is 37.2 Å². The number of halogens is 2. The number of carbonyl (C=O) groups excluding carboxylic acids is 2. The largest absolute Gasteiger partial charge is 0.451 e. The summed E-state index contributed by atoms with van der Waals surface area (Å²) in [5.74, 6) is -5.51. The second-order valence-corrected chi connectivity index (χ2v) is 8.18. The van der Waals surface area contributed by atoms with Crippen LogP contribution in [0.3, 0.4) is 0 Å². The number of amides is 2. The van der Waals surface area contributed by atoms with Crippen LogP contribution < -0.4 is 10.9 Å². The number of rotatable bonds is 4. The Morgan fingerprint density at radius 2 is 1.78 bits per heavy atom. The lowest BCUT2D eigenvalue weighted by Gasteiger charge is -2.07. The zero-order valence-electron chi connectivity index (χ0n) is 13.7. The van der Waals surface area contributed by atoms with Crippen LogP contribution in [0.2, 0.25) is 0 Å². The van der Waals surface area contributed by atoms with Crippen LogP contribution in [0.4, 0.5) is 8.78 Å². The Balaban J connectivity index is 1.78. The van der Waals surface area contributed by atoms with Crippen molar-refractivity contribution in [1.82, 2.24) is 10.9 Å². The Hall–Kier alpha value is -2.79. The first kappa shape index (κ1) is 19.0. The van der Waals surface area contributed by atoms with Gasteiger partial charge in [0.05, 0.1) is 4.90 Å². The number of hydrogen-bond acceptors (Lipinski definition) is 6. The molecule has 2 aromatic heterocycles. The second kappa shape index (κ2) is 7.08. The lowest BCUT2D eigenvalue weighted by Crippen LogP contribution is -2.41. The molecule has 27 heavy (non-hydrogen) atoms. The molecule has 1 aromatic carbocycles. The van der Waals surface area contributed by atoms with Crippen molar-refractivity contribution in [2.75, 3.05) is 0 Å². The van der Waals surface area contributed by atoms with Crippen LogP contribution in [0.15, 0.2) is 45.0 Å². The van der Waals surface area contributed by atoms with E-state index in [0.29, 0.717) is 22.5 Å². The highest BCUT2D eigenvalue weighted by atomic mass is 32.2. The molecule has 0 aliphatic heterocycles. The molecule has 0 radical (unpaired) electrons. The third-order valence-corrected chi connectivity index (χ3v) is 6.18. The lowest BCUT2D eigenvalue weighted by atomic mass is 10.1. The summed E-state index contributed by atoms with van der Waals surface area (Å²) in [5, 5.41) is 1.91. The molecule has 0 spiro atoms. The van der Waals surface area contributed by atoms with E-state index in [9.17, 15) is 26.8 Å². The van der Waals surface area contributed by atoms with Crippen LogP contribution in [0.1, 0.15) is 25.8 Å². The van der Waals surface area contributed by atoms with E-state index in [2.05, 4.69) is 5.43 Å². The summed E-state index contributed by atoms with van der Waals surface area (Å²) in [5.41, 5.74) is 5.13. The minimum absolute atomic E-state index is 0.0388. The Kier molecular flexibility index (Phi) is 4.98. The molecule has 0 atom stereocenters. The maximum atomic E-state index is 12.7. The summed E-state index contributed by atoms with van der Waals surface area (Å²) in [4.78, 5) is 23.1. The lowest BCUT2D eigenvalue weighted by molar-refractivity contribution is 0.0832. The van der Waals surface area contributed by atoms with Crippen LogP contribution in [0.25, 0.3) is 11.0 Å². The topological polar surface area (TPSA) is 105 Å². The summed E-state index contributed by atoms with van der Waals surface area (Å²) >= 11 is 0.657. The molecule has 0 aliphatic carbocycles. The zero-order chi connectivity index (χ0) is 19.8. The highest BCUT2D eigenvalue weighted by Gasteiger charge is 2.32. The van der Waals surface area contributed by atoms with Gasteiger partial charge in [0.15, 0.2) is 5.76 Å². The number of nitrogens with one attached hydrogen (secondary N) is 2. The van der Waals surface area contributed by atoms with E-state index in [0.717, 1.165) is 11.5 Å². The molecule has 0 aliphatic rings. The predicted molar refractivity (Wildman–Crippen MR) is 93.4 cm³/mol. The number of alkyl halides is 2. The molecule has 0 unspecified atom stereocenters. The molecule has 0 fully saturated rings. The van der Waals surface area contributed by atoms with E-state index in [-0.39, 0.29) is 5.76 Å². The average Bonchev–Trinajstić information content (AvgIpc) is 3.25. The number of aryl methyl sites for hydroxylation is 1. The van der Waals surface area contributed by atoms with Crippen molar-refractivity contribution in [3.63, 3.8) is 0 Å². The quantitative estimate of drug-likeness (QED) is 0.639. The third-order valence-electron chi connectivity index (χ3n) is 3.72. The van der Waals surface area contributed by atoms with Crippen molar-refractivity contribution >= 4 is 44.0 Å². The Labute approximate surface area is 155 Å². The van der Waals surface area contributed by atoms with E-state index in [1.807, 2.05) is 5.43 Å². The molecule has 0 saturated heterocycles. The summed E-state index contributed by atoms with van der Waals surface area (Å²) in [7, 11) is -4.94. The molecule has 142 valence electrons. The van der Waals surface area contributed by atoms with Gasteiger partial charge >= 0.3 is 11.7 Å². The van der Waals surface area contributed by atoms with Gasteiger partial charge in [0.25, 0.3) is 5.91 Å². The van der Waals surface area contributed by atoms with Crippen LogP contribution in [-0.4, -0.2) is 26.0 Å². The van der Waals surface area contributed by atoms with Crippen LogP contribution >= 0.6 is 11.3 Å². The van der Waals surface area contributed by atoms with Gasteiger partial charge in [-0.1, -0.05) is 18.2 Å². The summed E-state index contributed by atoms with van der Waals surface area (Å²) < 4.78 is 54.0. The number of carbonyl (C=O) groups is 2. The van der Waals surface area contributed by atoms with Gasteiger partial charge in [0.1, 0.15) is 10.5 Å². The van der Waals surface area contributed by atoms with Gasteiger partial charge in [-0.2, -0.15) is 8.78 Å². The minimum Gasteiger partial charge on any atom is -0.451 e. The van der Waals surface area contributed by atoms with Crippen molar-refractivity contribution < 1.29 is 31.2 Å². The maximum Gasteiger partial charge on any atom is 0.341 e. The van der Waals surface area contributed by atoms with E-state index in [4.69, 9.17) is 4.42 Å². The van der Waals surface area contributed by atoms with Gasteiger partial charge in [0.2, 0.25) is 9.84 Å². The summed E-state index contributed by atoms with van der Waals surface area (Å²) in [6, 6.07) is 7.85. The number of thiophene rings is 1. The van der Waals surface area contributed by atoms with E-state index in [1.165, 1.54) is 5.38 Å². The number of fused-ring (bicyclic) bond motifs is 1. The smallest absolute Gasteiger partial charge is 0.341 e. The summed E-state index contributed by atoms with van der Waals surface area (Å²) in [6.45, 7) is 1.66. The fourth-order valence-electron chi connectivity index (χ4n) is 2.40. The van der Waals surface area contributed by atoms with Crippen molar-refractivity contribution in [1.29, 1.82) is 0 Å². The second-order valence-electron chi connectivity index (χ2n) is 5.38. The number of benzene rings is 1. The molecule has 0 saturated carbocycles. The SMILES string of the molecule is Cc1c(C(=O)NNC(=O)c2sccc2S(=O)(=O)C(F)F)oc2ccccc12. The predicted octanol–water partition coefficient (Wildman–Crippen LogP) is 2.87. The molecule has 11 heteroatoms. The van der Waals surface area contributed by atoms with Crippen LogP contribution in [0.5, 0.6) is 0 Å². The minimum atomic E-state index is -4.94. The van der Waals surface area contributed by atoms with Gasteiger partial charge in [0, 0.05) is 10.9 Å². The Morgan fingerprint density at radius 1 is 1.11 bits per heavy atom. The first-order valence-electron chi connectivity index (χ1n) is 7.42. The standard InChI is InChI=1S/C16H12F2N2O5S2/c1-8-9-4-2-3-5-10(9)25-12(8)14(21)19-20-15(22)13-11(6-7-26-13)27(23,24)16(17)18/h2-7,16H,1H3,(H,19,21)(H,20,22). The molecule has 0 bridgehead atoms. The fourth-order valence-corrected chi connectivity index (χ4v) is 4.46. The molecule has 2 N–H and O–H groups in total. The molecule has 2 heterocycles. The van der Waals surface area contributed by atoms with Gasteiger partial charge in [-0.15, -0.1) is 11.3 Å². The number of hydrazine groups is 1. The number of furan rings is 1. The van der Waals surface area contributed by atoms with Crippen LogP contribution in [-0.2, 0) is 9.84 Å². The maximum absolute atomic E-state index is 12.7. The van der Waals surface area contributed by atoms with Gasteiger partial charge < -0.3 is 4.42 Å². The van der Waals surface area contributed by atoms with Gasteiger partial charge in [-0.3, -0.25) is 20.4 Å². The van der Waals surface area contributed by atoms with Crippen LogP contribution in [0, 0.1) is 6.92 Å². The molecule has 3 aromatic rings. The first-order chi connectivity index (χ1) is 12.7. The van der Waals surface area contributed by atoms with E-state index >= 15 is 0 Å². The van der Waals surface area contributed by atoms with Gasteiger partial charge in [-0.05, 0) is 24.4 Å². The zero-order valence-corrected chi connectivity index (χ0v) is 15.3. The van der Waals surface area contributed by atoms with Gasteiger partial charge in [-0.25, -0.2) is 8.42 Å². The van der Waals surface area contributed by atoms with E-state index in [1.54, 1.807) is 31.2 Å². The number of sulfone groups is 1. The normalized spacial score (nSPS) is 11.7. The Morgan fingerprint density at radius 3 is 2.44 bits per heavy atom. The average molecular weight is 414 g/mol. The van der Waals surface area contributed by atoms with Crippen molar-refractivity contribution in [3.05, 3.63) is 51.9 Å². The van der Waals surface area contributed by atoms with Crippen molar-refractivity contribution in [3.8, 4) is 0 Å². The van der Waals surface area contributed by atoms with Crippen molar-refractivity contribution in [2.45, 2.75) is 17.6 Å². The highest BCUT2D eigenvalue weighted by molar-refractivity contribution is 7.92.